The molecule has 0 amide bonds. The summed E-state index contributed by atoms with van der Waals surface area (Å²) in [7, 11) is 1.73. The Hall–Kier alpha value is -2.17. The Balaban J connectivity index is 1.79. The van der Waals surface area contributed by atoms with Gasteiger partial charge in [0.2, 0.25) is 0 Å². The van der Waals surface area contributed by atoms with Gasteiger partial charge in [0.25, 0.3) is 0 Å². The van der Waals surface area contributed by atoms with E-state index in [-0.39, 0.29) is 11.9 Å². The number of fused-ring (bicyclic) bond motifs is 1. The normalized spacial score (nSPS) is 17.3. The van der Waals surface area contributed by atoms with Crippen LogP contribution < -0.4 is 0 Å². The zero-order chi connectivity index (χ0) is 13.4. The number of aromatic nitrogens is 2. The molecule has 3 rings (SSSR count). The molecular formula is C14H13FN2O2. The number of rotatable bonds is 2. The van der Waals surface area contributed by atoms with Crippen molar-refractivity contribution in [3.63, 3.8) is 0 Å². The van der Waals surface area contributed by atoms with Gasteiger partial charge in [0.05, 0.1) is 11.8 Å². The van der Waals surface area contributed by atoms with Crippen LogP contribution in [0.3, 0.4) is 0 Å². The summed E-state index contributed by atoms with van der Waals surface area (Å²) in [6.07, 6.45) is 4.21. The van der Waals surface area contributed by atoms with Gasteiger partial charge in [-0.25, -0.2) is 9.18 Å². The number of hydrogen-bond donors (Lipinski definition) is 0. The third-order valence-electron chi connectivity index (χ3n) is 3.32. The third-order valence-corrected chi connectivity index (χ3v) is 3.32. The van der Waals surface area contributed by atoms with Crippen molar-refractivity contribution < 1.29 is 13.9 Å². The molecule has 1 aliphatic rings. The van der Waals surface area contributed by atoms with Crippen LogP contribution in [-0.4, -0.2) is 15.7 Å². The van der Waals surface area contributed by atoms with Crippen LogP contribution in [0, 0.1) is 5.82 Å². The Morgan fingerprint density at radius 1 is 1.53 bits per heavy atom. The maximum Gasteiger partial charge on any atom is 0.341 e. The van der Waals surface area contributed by atoms with E-state index >= 15 is 0 Å². The van der Waals surface area contributed by atoms with E-state index in [2.05, 4.69) is 5.10 Å². The topological polar surface area (TPSA) is 44.1 Å². The van der Waals surface area contributed by atoms with Gasteiger partial charge in [0.1, 0.15) is 11.9 Å². The molecule has 0 fully saturated rings. The molecule has 1 atom stereocenters. The number of halogens is 1. The number of benzene rings is 1. The van der Waals surface area contributed by atoms with Crippen LogP contribution in [0.2, 0.25) is 0 Å². The van der Waals surface area contributed by atoms with Crippen molar-refractivity contribution in [2.24, 2.45) is 7.05 Å². The summed E-state index contributed by atoms with van der Waals surface area (Å²) in [5.41, 5.74) is 2.23. The highest BCUT2D eigenvalue weighted by molar-refractivity contribution is 5.89. The van der Waals surface area contributed by atoms with Crippen LogP contribution >= 0.6 is 0 Å². The fourth-order valence-corrected chi connectivity index (χ4v) is 2.38. The number of hydrogen-bond acceptors (Lipinski definition) is 3. The summed E-state index contributed by atoms with van der Waals surface area (Å²) in [6.45, 7) is 0. The van der Waals surface area contributed by atoms with Crippen LogP contribution in [0.15, 0.2) is 30.6 Å². The molecule has 0 saturated carbocycles. The van der Waals surface area contributed by atoms with E-state index in [1.807, 2.05) is 0 Å². The summed E-state index contributed by atoms with van der Waals surface area (Å²) in [5.74, 6) is -0.724. The summed E-state index contributed by atoms with van der Waals surface area (Å²) in [6, 6.07) is 4.64. The van der Waals surface area contributed by atoms with E-state index in [4.69, 9.17) is 4.74 Å². The van der Waals surface area contributed by atoms with Crippen LogP contribution in [0.25, 0.3) is 0 Å². The summed E-state index contributed by atoms with van der Waals surface area (Å²) in [5, 5.41) is 3.93. The Bertz CT molecular complexity index is 636. The van der Waals surface area contributed by atoms with E-state index in [1.165, 1.54) is 18.3 Å². The molecule has 0 bridgehead atoms. The summed E-state index contributed by atoms with van der Waals surface area (Å²) in [4.78, 5) is 11.9. The van der Waals surface area contributed by atoms with Crippen LogP contribution in [0.5, 0.6) is 0 Å². The Morgan fingerprint density at radius 2 is 2.37 bits per heavy atom. The average molecular weight is 260 g/mol. The highest BCUT2D eigenvalue weighted by atomic mass is 19.1. The SMILES string of the molecule is Cn1cc(C(=O)OC2CCc3ccc(F)cc32)cn1. The monoisotopic (exact) mass is 260 g/mol. The zero-order valence-corrected chi connectivity index (χ0v) is 10.5. The molecule has 1 aliphatic carbocycles. The van der Waals surface area contributed by atoms with Gasteiger partial charge in [-0.3, -0.25) is 4.68 Å². The average Bonchev–Trinajstić information content (AvgIpc) is 2.97. The van der Waals surface area contributed by atoms with Gasteiger partial charge in [0, 0.05) is 13.2 Å². The number of carbonyl (C=O) groups excluding carboxylic acids is 1. The standard InChI is InChI=1S/C14H13FN2O2/c1-17-8-10(7-16-17)14(18)19-13-5-3-9-2-4-11(15)6-12(9)13/h2,4,6-8,13H,3,5H2,1H3. The molecule has 1 heterocycles. The number of ether oxygens (including phenoxy) is 1. The van der Waals surface area contributed by atoms with E-state index in [0.29, 0.717) is 12.0 Å². The van der Waals surface area contributed by atoms with Crippen LogP contribution in [-0.2, 0) is 18.2 Å². The molecule has 4 nitrogen and oxygen atoms in total. The fraction of sp³-hybridized carbons (Fsp3) is 0.286. The van der Waals surface area contributed by atoms with Crippen molar-refractivity contribution >= 4 is 5.97 Å². The Labute approximate surface area is 109 Å². The van der Waals surface area contributed by atoms with Crippen molar-refractivity contribution in [2.45, 2.75) is 18.9 Å². The van der Waals surface area contributed by atoms with Crippen LogP contribution in [0.4, 0.5) is 4.39 Å². The molecule has 0 aliphatic heterocycles. The lowest BCUT2D eigenvalue weighted by atomic mass is 10.1. The highest BCUT2D eigenvalue weighted by Gasteiger charge is 2.27. The first kappa shape index (κ1) is 11.9. The zero-order valence-electron chi connectivity index (χ0n) is 10.5. The van der Waals surface area contributed by atoms with E-state index in [9.17, 15) is 9.18 Å². The number of carbonyl (C=O) groups is 1. The van der Waals surface area contributed by atoms with Crippen LogP contribution in [0.1, 0.15) is 34.0 Å². The van der Waals surface area contributed by atoms with Gasteiger partial charge in [0.15, 0.2) is 0 Å². The van der Waals surface area contributed by atoms with E-state index in [0.717, 1.165) is 17.5 Å². The van der Waals surface area contributed by atoms with Gasteiger partial charge in [-0.1, -0.05) is 6.07 Å². The number of nitrogens with zero attached hydrogens (tertiary/aromatic N) is 2. The summed E-state index contributed by atoms with van der Waals surface area (Å²) < 4.78 is 20.2. The number of aryl methyl sites for hydroxylation is 2. The minimum absolute atomic E-state index is 0.303. The molecule has 0 radical (unpaired) electrons. The molecule has 19 heavy (non-hydrogen) atoms. The first-order valence-electron chi connectivity index (χ1n) is 6.11. The minimum atomic E-state index is -0.421. The lowest BCUT2D eigenvalue weighted by Gasteiger charge is -2.12. The molecule has 2 aromatic rings. The smallest absolute Gasteiger partial charge is 0.341 e. The van der Waals surface area contributed by atoms with E-state index < -0.39 is 5.97 Å². The molecule has 1 aromatic carbocycles. The van der Waals surface area contributed by atoms with Gasteiger partial charge < -0.3 is 4.74 Å². The van der Waals surface area contributed by atoms with Crippen molar-refractivity contribution in [3.8, 4) is 0 Å². The molecule has 0 spiro atoms. The maximum atomic E-state index is 13.2. The molecule has 1 unspecified atom stereocenters. The number of esters is 1. The lowest BCUT2D eigenvalue weighted by molar-refractivity contribution is 0.0300. The van der Waals surface area contributed by atoms with Crippen molar-refractivity contribution in [1.29, 1.82) is 0 Å². The molecule has 0 N–H and O–H groups in total. The van der Waals surface area contributed by atoms with Crippen molar-refractivity contribution in [3.05, 3.63) is 53.1 Å². The second-order valence-electron chi connectivity index (χ2n) is 4.68. The molecule has 0 saturated heterocycles. The largest absolute Gasteiger partial charge is 0.454 e. The first-order chi connectivity index (χ1) is 9.13. The lowest BCUT2D eigenvalue weighted by Crippen LogP contribution is -2.09. The van der Waals surface area contributed by atoms with Crippen molar-refractivity contribution in [1.82, 2.24) is 9.78 Å². The predicted molar refractivity (Wildman–Crippen MR) is 66.1 cm³/mol. The van der Waals surface area contributed by atoms with Gasteiger partial charge in [-0.05, 0) is 36.1 Å². The Morgan fingerprint density at radius 3 is 3.11 bits per heavy atom. The molecule has 5 heteroatoms. The molecule has 1 aromatic heterocycles. The van der Waals surface area contributed by atoms with Gasteiger partial charge in [-0.15, -0.1) is 0 Å². The summed E-state index contributed by atoms with van der Waals surface area (Å²) >= 11 is 0. The molecular weight excluding hydrogens is 247 g/mol. The van der Waals surface area contributed by atoms with Crippen molar-refractivity contribution in [2.75, 3.05) is 0 Å². The van der Waals surface area contributed by atoms with E-state index in [1.54, 1.807) is 24.0 Å². The second kappa shape index (κ2) is 4.50. The fourth-order valence-electron chi connectivity index (χ4n) is 2.38. The maximum absolute atomic E-state index is 13.2. The second-order valence-corrected chi connectivity index (χ2v) is 4.68. The first-order valence-corrected chi connectivity index (χ1v) is 6.11. The molecule has 98 valence electrons. The predicted octanol–water partition coefficient (Wildman–Crippen LogP) is 2.40. The highest BCUT2D eigenvalue weighted by Crippen LogP contribution is 2.34. The quantitative estimate of drug-likeness (QED) is 0.779. The van der Waals surface area contributed by atoms with Gasteiger partial charge >= 0.3 is 5.97 Å². The van der Waals surface area contributed by atoms with Gasteiger partial charge in [-0.2, -0.15) is 5.10 Å². The Kier molecular flexibility index (Phi) is 2.81. The third kappa shape index (κ3) is 2.23. The minimum Gasteiger partial charge on any atom is -0.454 e.